The lowest BCUT2D eigenvalue weighted by Crippen LogP contribution is -2.37. The van der Waals surface area contributed by atoms with E-state index >= 15 is 0 Å². The standard InChI is InChI=1S/C21H25N3O2S/c1-15(21-22-18-7-5-6-8-19(18)27-21)24(3)20(25)14-23(2)13-16-9-11-17(26-4)12-10-16/h5-12,15H,13-14H2,1-4H3/t15-/m0/s1. The van der Waals surface area contributed by atoms with E-state index in [1.165, 1.54) is 0 Å². The molecule has 1 amide bonds. The fourth-order valence-electron chi connectivity index (χ4n) is 2.89. The predicted molar refractivity (Wildman–Crippen MR) is 110 cm³/mol. The van der Waals surface area contributed by atoms with Crippen LogP contribution in [0.5, 0.6) is 5.75 Å². The van der Waals surface area contributed by atoms with Crippen LogP contribution in [0.3, 0.4) is 0 Å². The quantitative estimate of drug-likeness (QED) is 0.620. The monoisotopic (exact) mass is 383 g/mol. The molecule has 1 aromatic heterocycles. The molecule has 3 aromatic rings. The molecule has 0 fully saturated rings. The molecule has 142 valence electrons. The molecule has 0 aliphatic carbocycles. The number of ether oxygens (including phenoxy) is 1. The Morgan fingerprint density at radius 3 is 2.52 bits per heavy atom. The van der Waals surface area contributed by atoms with Crippen molar-refractivity contribution in [2.45, 2.75) is 19.5 Å². The van der Waals surface area contributed by atoms with Gasteiger partial charge in [-0.15, -0.1) is 11.3 Å². The Kier molecular flexibility index (Phi) is 6.08. The molecule has 6 heteroatoms. The van der Waals surface area contributed by atoms with Crippen molar-refractivity contribution in [3.8, 4) is 5.75 Å². The highest BCUT2D eigenvalue weighted by molar-refractivity contribution is 7.18. The summed E-state index contributed by atoms with van der Waals surface area (Å²) in [5.74, 6) is 0.916. The molecule has 3 rings (SSSR count). The summed E-state index contributed by atoms with van der Waals surface area (Å²) in [4.78, 5) is 21.2. The number of hydrogen-bond donors (Lipinski definition) is 0. The lowest BCUT2D eigenvalue weighted by Gasteiger charge is -2.26. The van der Waals surface area contributed by atoms with E-state index in [1.54, 1.807) is 23.3 Å². The molecule has 0 unspecified atom stereocenters. The minimum absolute atomic E-state index is 0.0516. The first-order valence-corrected chi connectivity index (χ1v) is 9.72. The van der Waals surface area contributed by atoms with Crippen LogP contribution in [0.4, 0.5) is 0 Å². The van der Waals surface area contributed by atoms with E-state index in [-0.39, 0.29) is 11.9 Å². The van der Waals surface area contributed by atoms with Gasteiger partial charge >= 0.3 is 0 Å². The largest absolute Gasteiger partial charge is 0.497 e. The van der Waals surface area contributed by atoms with Crippen LogP contribution in [0.1, 0.15) is 23.5 Å². The lowest BCUT2D eigenvalue weighted by molar-refractivity contribution is -0.132. The number of rotatable bonds is 7. The van der Waals surface area contributed by atoms with Crippen LogP contribution in [0.15, 0.2) is 48.5 Å². The molecule has 0 aliphatic heterocycles. The summed E-state index contributed by atoms with van der Waals surface area (Å²) in [6.45, 7) is 3.09. The number of carbonyl (C=O) groups is 1. The van der Waals surface area contributed by atoms with E-state index in [9.17, 15) is 4.79 Å². The van der Waals surface area contributed by atoms with Crippen LogP contribution in [0.2, 0.25) is 0 Å². The molecule has 0 radical (unpaired) electrons. The Morgan fingerprint density at radius 1 is 1.15 bits per heavy atom. The van der Waals surface area contributed by atoms with Crippen LogP contribution in [-0.4, -0.2) is 48.4 Å². The second-order valence-electron chi connectivity index (χ2n) is 6.72. The maximum Gasteiger partial charge on any atom is 0.237 e. The molecule has 1 heterocycles. The minimum Gasteiger partial charge on any atom is -0.497 e. The molecular formula is C21H25N3O2S. The maximum absolute atomic E-state index is 12.7. The Hall–Kier alpha value is -2.44. The summed E-state index contributed by atoms with van der Waals surface area (Å²) in [6.07, 6.45) is 0. The third kappa shape index (κ3) is 4.64. The van der Waals surface area contributed by atoms with E-state index < -0.39 is 0 Å². The highest BCUT2D eigenvalue weighted by atomic mass is 32.1. The van der Waals surface area contributed by atoms with Crippen LogP contribution >= 0.6 is 11.3 Å². The number of aromatic nitrogens is 1. The fraction of sp³-hybridized carbons (Fsp3) is 0.333. The topological polar surface area (TPSA) is 45.7 Å². The predicted octanol–water partition coefficient (Wildman–Crippen LogP) is 3.96. The first-order chi connectivity index (χ1) is 13.0. The van der Waals surface area contributed by atoms with Crippen LogP contribution in [0, 0.1) is 0 Å². The van der Waals surface area contributed by atoms with Gasteiger partial charge in [-0.2, -0.15) is 0 Å². The van der Waals surface area contributed by atoms with Crippen LogP contribution in [-0.2, 0) is 11.3 Å². The maximum atomic E-state index is 12.7. The number of fused-ring (bicyclic) bond motifs is 1. The Morgan fingerprint density at radius 2 is 1.85 bits per heavy atom. The summed E-state index contributed by atoms with van der Waals surface area (Å²) in [6, 6.07) is 15.9. The summed E-state index contributed by atoms with van der Waals surface area (Å²) >= 11 is 1.65. The Bertz CT molecular complexity index is 874. The molecule has 0 N–H and O–H groups in total. The van der Waals surface area contributed by atoms with E-state index in [0.717, 1.165) is 26.5 Å². The van der Waals surface area contributed by atoms with Crippen molar-refractivity contribution in [2.24, 2.45) is 0 Å². The number of methoxy groups -OCH3 is 1. The molecule has 0 spiro atoms. The molecule has 27 heavy (non-hydrogen) atoms. The van der Waals surface area contributed by atoms with Gasteiger partial charge in [0.1, 0.15) is 10.8 Å². The van der Waals surface area contributed by atoms with Crippen molar-refractivity contribution < 1.29 is 9.53 Å². The Labute approximate surface area is 164 Å². The van der Waals surface area contributed by atoms with Gasteiger partial charge in [0.2, 0.25) is 5.91 Å². The number of thiazole rings is 1. The zero-order valence-electron chi connectivity index (χ0n) is 16.2. The lowest BCUT2D eigenvalue weighted by atomic mass is 10.2. The van der Waals surface area contributed by atoms with Crippen molar-refractivity contribution in [1.82, 2.24) is 14.8 Å². The van der Waals surface area contributed by atoms with Crippen molar-refractivity contribution >= 4 is 27.5 Å². The van der Waals surface area contributed by atoms with Gasteiger partial charge in [0, 0.05) is 13.6 Å². The SMILES string of the molecule is COc1ccc(CN(C)CC(=O)N(C)[C@@H](C)c2nc3ccccc3s2)cc1. The van der Waals surface area contributed by atoms with Gasteiger partial charge < -0.3 is 9.64 Å². The minimum atomic E-state index is -0.0516. The van der Waals surface area contributed by atoms with E-state index in [2.05, 4.69) is 11.1 Å². The van der Waals surface area contributed by atoms with Crippen molar-refractivity contribution in [1.29, 1.82) is 0 Å². The smallest absolute Gasteiger partial charge is 0.237 e. The number of nitrogens with zero attached hydrogens (tertiary/aromatic N) is 3. The first kappa shape index (κ1) is 19.3. The Balaban J connectivity index is 1.60. The van der Waals surface area contributed by atoms with Gasteiger partial charge in [0.15, 0.2) is 0 Å². The summed E-state index contributed by atoms with van der Waals surface area (Å²) in [5.41, 5.74) is 2.13. The second kappa shape index (κ2) is 8.50. The van der Waals surface area contributed by atoms with E-state index in [1.807, 2.05) is 68.4 Å². The van der Waals surface area contributed by atoms with Crippen molar-refractivity contribution in [2.75, 3.05) is 27.7 Å². The average Bonchev–Trinajstić information content (AvgIpc) is 3.11. The fourth-order valence-corrected chi connectivity index (χ4v) is 3.95. The van der Waals surface area contributed by atoms with Crippen LogP contribution < -0.4 is 4.74 Å². The molecular weight excluding hydrogens is 358 g/mol. The van der Waals surface area contributed by atoms with Crippen molar-refractivity contribution in [3.05, 3.63) is 59.1 Å². The third-order valence-corrected chi connectivity index (χ3v) is 5.87. The van der Waals surface area contributed by atoms with Gasteiger partial charge in [-0.25, -0.2) is 4.98 Å². The molecule has 0 saturated heterocycles. The number of carbonyl (C=O) groups excluding carboxylic acids is 1. The molecule has 0 aliphatic rings. The summed E-state index contributed by atoms with van der Waals surface area (Å²) < 4.78 is 6.33. The number of para-hydroxylation sites is 1. The van der Waals surface area contributed by atoms with E-state index in [4.69, 9.17) is 4.74 Å². The highest BCUT2D eigenvalue weighted by Gasteiger charge is 2.21. The average molecular weight is 384 g/mol. The third-order valence-electron chi connectivity index (χ3n) is 4.66. The highest BCUT2D eigenvalue weighted by Crippen LogP contribution is 2.28. The van der Waals surface area contributed by atoms with Gasteiger partial charge in [-0.05, 0) is 43.8 Å². The zero-order chi connectivity index (χ0) is 19.4. The number of likely N-dealkylation sites (N-methyl/N-ethyl adjacent to an activating group) is 2. The van der Waals surface area contributed by atoms with E-state index in [0.29, 0.717) is 13.1 Å². The summed E-state index contributed by atoms with van der Waals surface area (Å²) in [5, 5.41) is 0.963. The van der Waals surface area contributed by atoms with Gasteiger partial charge in [0.05, 0.1) is 29.9 Å². The number of amides is 1. The molecule has 1 atom stereocenters. The molecule has 5 nitrogen and oxygen atoms in total. The second-order valence-corrected chi connectivity index (χ2v) is 7.78. The summed E-state index contributed by atoms with van der Waals surface area (Å²) in [7, 11) is 5.46. The molecule has 0 saturated carbocycles. The van der Waals surface area contributed by atoms with Gasteiger partial charge in [-0.1, -0.05) is 24.3 Å². The first-order valence-electron chi connectivity index (χ1n) is 8.90. The van der Waals surface area contributed by atoms with Gasteiger partial charge in [-0.3, -0.25) is 9.69 Å². The number of benzene rings is 2. The number of hydrogen-bond acceptors (Lipinski definition) is 5. The molecule has 2 aromatic carbocycles. The zero-order valence-corrected chi connectivity index (χ0v) is 17.0. The van der Waals surface area contributed by atoms with Gasteiger partial charge in [0.25, 0.3) is 0 Å². The van der Waals surface area contributed by atoms with Crippen molar-refractivity contribution in [3.63, 3.8) is 0 Å². The molecule has 0 bridgehead atoms. The van der Waals surface area contributed by atoms with Crippen LogP contribution in [0.25, 0.3) is 10.2 Å². The normalized spacial score (nSPS) is 12.3.